The van der Waals surface area contributed by atoms with Gasteiger partial charge in [-0.25, -0.2) is 13.1 Å². The van der Waals surface area contributed by atoms with E-state index in [2.05, 4.69) is 9.46 Å². The van der Waals surface area contributed by atoms with E-state index in [1.54, 1.807) is 0 Å². The lowest BCUT2D eigenvalue weighted by atomic mass is 10.2. The third kappa shape index (κ3) is 4.64. The number of sulfonamides is 1. The van der Waals surface area contributed by atoms with Crippen molar-refractivity contribution in [3.05, 3.63) is 58.6 Å². The second-order valence-electron chi connectivity index (χ2n) is 4.60. The predicted molar refractivity (Wildman–Crippen MR) is 83.3 cm³/mol. The Morgan fingerprint density at radius 3 is 2.42 bits per heavy atom. The fourth-order valence-electron chi connectivity index (χ4n) is 1.80. The molecule has 0 unspecified atom stereocenters. The van der Waals surface area contributed by atoms with E-state index in [1.807, 2.05) is 6.07 Å². The molecule has 2 rings (SSSR count). The first kappa shape index (κ1) is 18.1. The second kappa shape index (κ2) is 7.57. The van der Waals surface area contributed by atoms with E-state index in [-0.39, 0.29) is 27.8 Å². The molecule has 0 atom stereocenters. The summed E-state index contributed by atoms with van der Waals surface area (Å²) in [6.45, 7) is -2.97. The number of rotatable bonds is 6. The van der Waals surface area contributed by atoms with E-state index in [4.69, 9.17) is 16.9 Å². The molecule has 0 bridgehead atoms. The molecule has 9 heteroatoms. The Labute approximate surface area is 142 Å². The summed E-state index contributed by atoms with van der Waals surface area (Å²) < 4.78 is 55.1. The molecule has 2 aromatic rings. The number of hydrogen-bond donors (Lipinski definition) is 1. The summed E-state index contributed by atoms with van der Waals surface area (Å²) in [5, 5.41) is 8.82. The Hall–Kier alpha value is -2.21. The third-order valence-corrected chi connectivity index (χ3v) is 4.70. The van der Waals surface area contributed by atoms with Gasteiger partial charge in [-0.2, -0.15) is 14.0 Å². The number of nitriles is 1. The van der Waals surface area contributed by atoms with Gasteiger partial charge < -0.3 is 4.74 Å². The Kier molecular flexibility index (Phi) is 5.72. The molecule has 1 N–H and O–H groups in total. The van der Waals surface area contributed by atoms with E-state index >= 15 is 0 Å². The van der Waals surface area contributed by atoms with E-state index in [0.717, 1.165) is 0 Å². The first-order valence-corrected chi connectivity index (χ1v) is 8.41. The summed E-state index contributed by atoms with van der Waals surface area (Å²) >= 11 is 5.82. The molecule has 0 aliphatic heterocycles. The Morgan fingerprint density at radius 1 is 1.21 bits per heavy atom. The van der Waals surface area contributed by atoms with Gasteiger partial charge in [-0.05, 0) is 35.9 Å². The Morgan fingerprint density at radius 2 is 1.88 bits per heavy atom. The van der Waals surface area contributed by atoms with Crippen molar-refractivity contribution in [2.75, 3.05) is 0 Å². The highest BCUT2D eigenvalue weighted by molar-refractivity contribution is 7.89. The zero-order valence-corrected chi connectivity index (χ0v) is 13.6. The van der Waals surface area contributed by atoms with Crippen LogP contribution in [0.3, 0.4) is 0 Å². The Bertz CT molecular complexity index is 865. The van der Waals surface area contributed by atoms with Crippen LogP contribution in [0.4, 0.5) is 8.78 Å². The molecule has 0 aliphatic rings. The monoisotopic (exact) mass is 372 g/mol. The fraction of sp³-hybridized carbons (Fsp3) is 0.133. The van der Waals surface area contributed by atoms with Crippen molar-refractivity contribution in [2.45, 2.75) is 18.1 Å². The highest BCUT2D eigenvalue weighted by Crippen LogP contribution is 2.20. The SMILES string of the molecule is N#Cc1ccc(S(=O)(=O)NCc2ccc(OC(F)F)cc2)cc1Cl. The van der Waals surface area contributed by atoms with Crippen LogP contribution >= 0.6 is 11.6 Å². The first-order valence-electron chi connectivity index (χ1n) is 6.55. The van der Waals surface area contributed by atoms with Crippen LogP contribution in [0.2, 0.25) is 5.02 Å². The van der Waals surface area contributed by atoms with Crippen molar-refractivity contribution in [3.8, 4) is 11.8 Å². The van der Waals surface area contributed by atoms with Gasteiger partial charge in [0.1, 0.15) is 11.8 Å². The molecule has 5 nitrogen and oxygen atoms in total. The van der Waals surface area contributed by atoms with Crippen LogP contribution in [0.15, 0.2) is 47.4 Å². The number of alkyl halides is 2. The lowest BCUT2D eigenvalue weighted by Gasteiger charge is -2.09. The summed E-state index contributed by atoms with van der Waals surface area (Å²) in [5.74, 6) is -0.0181. The number of benzene rings is 2. The molecule has 126 valence electrons. The smallest absolute Gasteiger partial charge is 0.387 e. The molecule has 0 amide bonds. The molecule has 0 spiro atoms. The standard InChI is InChI=1S/C15H11ClF2N2O3S/c16-14-7-13(6-3-11(14)8-19)24(21,22)20-9-10-1-4-12(5-2-10)23-15(17)18/h1-7,15,20H,9H2. The van der Waals surface area contributed by atoms with Crippen molar-refractivity contribution >= 4 is 21.6 Å². The topological polar surface area (TPSA) is 79.2 Å². The number of hydrogen-bond acceptors (Lipinski definition) is 4. The molecule has 0 aromatic heterocycles. The number of ether oxygens (including phenoxy) is 1. The summed E-state index contributed by atoms with van der Waals surface area (Å²) in [6.07, 6.45) is 0. The molecule has 0 saturated heterocycles. The highest BCUT2D eigenvalue weighted by atomic mass is 35.5. The minimum atomic E-state index is -3.83. The number of nitrogens with one attached hydrogen (secondary N) is 1. The van der Waals surface area contributed by atoms with Crippen LogP contribution in [-0.4, -0.2) is 15.0 Å². The van der Waals surface area contributed by atoms with Crippen LogP contribution < -0.4 is 9.46 Å². The van der Waals surface area contributed by atoms with Gasteiger partial charge in [0.15, 0.2) is 0 Å². The van der Waals surface area contributed by atoms with E-state index in [0.29, 0.717) is 5.56 Å². The average molecular weight is 373 g/mol. The molecule has 0 aliphatic carbocycles. The van der Waals surface area contributed by atoms with Gasteiger partial charge in [-0.3, -0.25) is 0 Å². The molecular weight excluding hydrogens is 362 g/mol. The van der Waals surface area contributed by atoms with Crippen LogP contribution in [0.25, 0.3) is 0 Å². The summed E-state index contributed by atoms with van der Waals surface area (Å²) in [4.78, 5) is -0.0795. The van der Waals surface area contributed by atoms with Crippen LogP contribution in [0, 0.1) is 11.3 Å². The van der Waals surface area contributed by atoms with Crippen LogP contribution in [0.1, 0.15) is 11.1 Å². The molecule has 0 radical (unpaired) electrons. The highest BCUT2D eigenvalue weighted by Gasteiger charge is 2.15. The van der Waals surface area contributed by atoms with Crippen molar-refractivity contribution in [1.82, 2.24) is 4.72 Å². The normalized spacial score (nSPS) is 11.3. The molecule has 24 heavy (non-hydrogen) atoms. The van der Waals surface area contributed by atoms with Gasteiger partial charge in [0.05, 0.1) is 15.5 Å². The molecule has 2 aromatic carbocycles. The molecule has 0 saturated carbocycles. The molecule has 0 heterocycles. The maximum atomic E-state index is 12.2. The van der Waals surface area contributed by atoms with E-state index < -0.39 is 16.6 Å². The van der Waals surface area contributed by atoms with Gasteiger partial charge >= 0.3 is 6.61 Å². The largest absolute Gasteiger partial charge is 0.435 e. The van der Waals surface area contributed by atoms with Crippen LogP contribution in [-0.2, 0) is 16.6 Å². The maximum Gasteiger partial charge on any atom is 0.387 e. The zero-order chi connectivity index (χ0) is 17.7. The quantitative estimate of drug-likeness (QED) is 0.843. The van der Waals surface area contributed by atoms with Gasteiger partial charge in [0.25, 0.3) is 0 Å². The van der Waals surface area contributed by atoms with Gasteiger partial charge in [-0.1, -0.05) is 23.7 Å². The minimum Gasteiger partial charge on any atom is -0.435 e. The Balaban J connectivity index is 2.07. The lowest BCUT2D eigenvalue weighted by Crippen LogP contribution is -2.23. The van der Waals surface area contributed by atoms with E-state index in [9.17, 15) is 17.2 Å². The van der Waals surface area contributed by atoms with Gasteiger partial charge in [0.2, 0.25) is 10.0 Å². The predicted octanol–water partition coefficient (Wildman–Crippen LogP) is 3.29. The zero-order valence-electron chi connectivity index (χ0n) is 12.0. The minimum absolute atomic E-state index is 0.0181. The fourth-order valence-corrected chi connectivity index (χ4v) is 3.14. The molecular formula is C15H11ClF2N2O3S. The third-order valence-electron chi connectivity index (χ3n) is 2.99. The average Bonchev–Trinajstić information content (AvgIpc) is 2.53. The van der Waals surface area contributed by atoms with Gasteiger partial charge in [-0.15, -0.1) is 0 Å². The number of halogens is 3. The lowest BCUT2D eigenvalue weighted by molar-refractivity contribution is -0.0498. The van der Waals surface area contributed by atoms with Crippen molar-refractivity contribution in [3.63, 3.8) is 0 Å². The first-order chi connectivity index (χ1) is 11.3. The van der Waals surface area contributed by atoms with Crippen molar-refractivity contribution < 1.29 is 21.9 Å². The van der Waals surface area contributed by atoms with Crippen LogP contribution in [0.5, 0.6) is 5.75 Å². The summed E-state index contributed by atoms with van der Waals surface area (Å²) in [6, 6.07) is 11.2. The maximum absolute atomic E-state index is 12.2. The van der Waals surface area contributed by atoms with Crippen molar-refractivity contribution in [1.29, 1.82) is 5.26 Å². The second-order valence-corrected chi connectivity index (χ2v) is 6.77. The summed E-state index contributed by atoms with van der Waals surface area (Å²) in [7, 11) is -3.83. The van der Waals surface area contributed by atoms with Crippen molar-refractivity contribution in [2.24, 2.45) is 0 Å². The summed E-state index contributed by atoms with van der Waals surface area (Å²) in [5.41, 5.74) is 0.727. The van der Waals surface area contributed by atoms with E-state index in [1.165, 1.54) is 42.5 Å². The van der Waals surface area contributed by atoms with Gasteiger partial charge in [0, 0.05) is 6.54 Å². The number of nitrogens with zero attached hydrogens (tertiary/aromatic N) is 1. The molecule has 0 fully saturated rings.